The lowest BCUT2D eigenvalue weighted by atomic mass is 9.63. The molecule has 5 nitrogen and oxygen atoms in total. The first kappa shape index (κ1) is 17.6. The molecule has 5 aliphatic rings. The van der Waals surface area contributed by atoms with E-state index in [2.05, 4.69) is 17.5 Å². The summed E-state index contributed by atoms with van der Waals surface area (Å²) in [4.78, 5) is 40.3. The molecule has 2 saturated carbocycles. The molecular formula is C25H22N2O3. The SMILES string of the molecule is Cc1ccccc1NC(=O)c1ccc(N2C(=O)[C@H]3[C@@H]4C=C[C@H]([C@H]5C[C@H]45)[C@@H]3C2=O)cc1. The summed E-state index contributed by atoms with van der Waals surface area (Å²) in [7, 11) is 0. The van der Waals surface area contributed by atoms with Gasteiger partial charge in [0.1, 0.15) is 0 Å². The van der Waals surface area contributed by atoms with Crippen LogP contribution in [0.2, 0.25) is 0 Å². The number of anilines is 2. The summed E-state index contributed by atoms with van der Waals surface area (Å²) < 4.78 is 0. The summed E-state index contributed by atoms with van der Waals surface area (Å²) in [5.41, 5.74) is 2.79. The summed E-state index contributed by atoms with van der Waals surface area (Å²) in [6, 6.07) is 14.4. The molecule has 1 heterocycles. The van der Waals surface area contributed by atoms with Gasteiger partial charge < -0.3 is 5.32 Å². The van der Waals surface area contributed by atoms with E-state index in [-0.39, 0.29) is 41.4 Å². The zero-order chi connectivity index (χ0) is 20.6. The minimum atomic E-state index is -0.217. The average Bonchev–Trinajstić information content (AvgIpc) is 3.53. The number of allylic oxidation sites excluding steroid dienone is 2. The van der Waals surface area contributed by atoms with Crippen LogP contribution in [-0.4, -0.2) is 17.7 Å². The molecule has 5 heteroatoms. The topological polar surface area (TPSA) is 66.5 Å². The molecule has 1 aliphatic heterocycles. The second-order valence-corrected chi connectivity index (χ2v) is 8.98. The van der Waals surface area contributed by atoms with Gasteiger partial charge in [0.05, 0.1) is 17.5 Å². The van der Waals surface area contributed by atoms with Crippen LogP contribution in [0.25, 0.3) is 0 Å². The van der Waals surface area contributed by atoms with Gasteiger partial charge >= 0.3 is 0 Å². The zero-order valence-corrected chi connectivity index (χ0v) is 16.6. The Labute approximate surface area is 174 Å². The van der Waals surface area contributed by atoms with Crippen LogP contribution in [0, 0.1) is 42.4 Å². The van der Waals surface area contributed by atoms with Crippen molar-refractivity contribution in [1.82, 2.24) is 0 Å². The van der Waals surface area contributed by atoms with Gasteiger partial charge in [0.15, 0.2) is 0 Å². The standard InChI is InChI=1S/C25H22N2O3/c1-13-4-2-3-5-20(13)26-23(28)14-6-8-15(9-7-14)27-24(29)21-16-10-11-17(19-12-18(16)19)22(21)25(27)30/h2-11,16-19,21-22H,12H2,1H3,(H,26,28)/t16-,17-,18-,19-,21+,22+/m1/s1. The third-order valence-electron chi connectivity index (χ3n) is 7.44. The third kappa shape index (κ3) is 2.38. The van der Waals surface area contributed by atoms with Gasteiger partial charge in [-0.2, -0.15) is 0 Å². The molecule has 0 radical (unpaired) electrons. The van der Waals surface area contributed by atoms with Gasteiger partial charge in [0.25, 0.3) is 5.91 Å². The molecule has 3 fully saturated rings. The number of hydrogen-bond donors (Lipinski definition) is 1. The van der Waals surface area contributed by atoms with Gasteiger partial charge in [-0.15, -0.1) is 0 Å². The van der Waals surface area contributed by atoms with Crippen LogP contribution < -0.4 is 10.2 Å². The smallest absolute Gasteiger partial charge is 0.255 e. The van der Waals surface area contributed by atoms with E-state index in [1.54, 1.807) is 24.3 Å². The quantitative estimate of drug-likeness (QED) is 0.632. The Balaban J connectivity index is 1.24. The number of benzene rings is 2. The maximum Gasteiger partial charge on any atom is 0.255 e. The number of carbonyl (C=O) groups excluding carboxylic acids is 3. The molecule has 0 unspecified atom stereocenters. The average molecular weight is 398 g/mol. The van der Waals surface area contributed by atoms with Crippen LogP contribution in [-0.2, 0) is 9.59 Å². The number of aryl methyl sites for hydroxylation is 1. The maximum absolute atomic E-state index is 13.2. The van der Waals surface area contributed by atoms with Crippen molar-refractivity contribution in [3.8, 4) is 0 Å². The summed E-state index contributed by atoms with van der Waals surface area (Å²) in [6.07, 6.45) is 5.50. The summed E-state index contributed by atoms with van der Waals surface area (Å²) in [6.45, 7) is 1.94. The molecule has 6 atom stereocenters. The summed E-state index contributed by atoms with van der Waals surface area (Å²) >= 11 is 0. The Hall–Kier alpha value is -3.21. The lowest BCUT2D eigenvalue weighted by Crippen LogP contribution is -2.40. The first-order chi connectivity index (χ1) is 14.5. The van der Waals surface area contributed by atoms with E-state index in [4.69, 9.17) is 0 Å². The minimum Gasteiger partial charge on any atom is -0.322 e. The molecule has 150 valence electrons. The van der Waals surface area contributed by atoms with Gasteiger partial charge in [-0.1, -0.05) is 30.4 Å². The fourth-order valence-electron chi connectivity index (χ4n) is 5.88. The minimum absolute atomic E-state index is 0.0770. The molecule has 0 aromatic heterocycles. The fraction of sp³-hybridized carbons (Fsp3) is 0.320. The molecule has 2 bridgehead atoms. The number of imide groups is 1. The third-order valence-corrected chi connectivity index (χ3v) is 7.44. The Morgan fingerprint density at radius 3 is 2.10 bits per heavy atom. The molecule has 1 saturated heterocycles. The number of carbonyl (C=O) groups is 3. The highest BCUT2D eigenvalue weighted by Crippen LogP contribution is 2.65. The van der Waals surface area contributed by atoms with Crippen molar-refractivity contribution < 1.29 is 14.4 Å². The van der Waals surface area contributed by atoms with E-state index >= 15 is 0 Å². The number of amides is 3. The van der Waals surface area contributed by atoms with Crippen molar-refractivity contribution in [3.05, 3.63) is 71.8 Å². The number of nitrogens with one attached hydrogen (secondary N) is 1. The molecule has 1 N–H and O–H groups in total. The van der Waals surface area contributed by atoms with E-state index < -0.39 is 0 Å². The Morgan fingerprint density at radius 2 is 1.50 bits per heavy atom. The second-order valence-electron chi connectivity index (χ2n) is 8.98. The Morgan fingerprint density at radius 1 is 0.900 bits per heavy atom. The summed E-state index contributed by atoms with van der Waals surface area (Å²) in [5.74, 6) is 0.817. The van der Waals surface area contributed by atoms with E-state index in [0.717, 1.165) is 17.7 Å². The predicted octanol–water partition coefficient (Wildman–Crippen LogP) is 3.80. The van der Waals surface area contributed by atoms with Crippen molar-refractivity contribution in [3.63, 3.8) is 0 Å². The molecule has 7 rings (SSSR count). The van der Waals surface area contributed by atoms with E-state index in [1.165, 1.54) is 4.90 Å². The molecule has 0 spiro atoms. The summed E-state index contributed by atoms with van der Waals surface area (Å²) in [5, 5.41) is 2.91. The lowest BCUT2D eigenvalue weighted by molar-refractivity contribution is -0.124. The van der Waals surface area contributed by atoms with Crippen molar-refractivity contribution in [2.75, 3.05) is 10.2 Å². The largest absolute Gasteiger partial charge is 0.322 e. The van der Waals surface area contributed by atoms with Crippen molar-refractivity contribution in [1.29, 1.82) is 0 Å². The van der Waals surface area contributed by atoms with E-state index in [1.807, 2.05) is 31.2 Å². The first-order valence-electron chi connectivity index (χ1n) is 10.6. The lowest BCUT2D eigenvalue weighted by Gasteiger charge is -2.37. The predicted molar refractivity (Wildman–Crippen MR) is 113 cm³/mol. The number of rotatable bonds is 3. The van der Waals surface area contributed by atoms with Gasteiger partial charge in [-0.3, -0.25) is 19.3 Å². The van der Waals surface area contributed by atoms with Crippen LogP contribution in [0.1, 0.15) is 22.3 Å². The Kier molecular flexibility index (Phi) is 3.61. The van der Waals surface area contributed by atoms with Crippen LogP contribution in [0.5, 0.6) is 0 Å². The molecular weight excluding hydrogens is 376 g/mol. The highest BCUT2D eigenvalue weighted by molar-refractivity contribution is 6.22. The monoisotopic (exact) mass is 398 g/mol. The number of para-hydroxylation sites is 1. The van der Waals surface area contributed by atoms with Gasteiger partial charge in [0.2, 0.25) is 11.8 Å². The first-order valence-corrected chi connectivity index (χ1v) is 10.6. The molecule has 4 aliphatic carbocycles. The molecule has 30 heavy (non-hydrogen) atoms. The highest BCUT2D eigenvalue weighted by atomic mass is 16.2. The maximum atomic E-state index is 13.2. The van der Waals surface area contributed by atoms with Gasteiger partial charge in [-0.25, -0.2) is 0 Å². The van der Waals surface area contributed by atoms with Crippen molar-refractivity contribution in [2.24, 2.45) is 35.5 Å². The van der Waals surface area contributed by atoms with Crippen molar-refractivity contribution >= 4 is 29.1 Å². The molecule has 2 aromatic carbocycles. The highest BCUT2D eigenvalue weighted by Gasteiger charge is 2.67. The van der Waals surface area contributed by atoms with Crippen LogP contribution in [0.3, 0.4) is 0 Å². The van der Waals surface area contributed by atoms with Gasteiger partial charge in [0, 0.05) is 11.3 Å². The van der Waals surface area contributed by atoms with E-state index in [9.17, 15) is 14.4 Å². The van der Waals surface area contributed by atoms with Crippen LogP contribution in [0.15, 0.2) is 60.7 Å². The Bertz CT molecular complexity index is 1080. The second kappa shape index (κ2) is 6.14. The van der Waals surface area contributed by atoms with Gasteiger partial charge in [-0.05, 0) is 72.9 Å². The van der Waals surface area contributed by atoms with Crippen LogP contribution >= 0.6 is 0 Å². The molecule has 2 aromatic rings. The van der Waals surface area contributed by atoms with Crippen molar-refractivity contribution in [2.45, 2.75) is 13.3 Å². The normalized spacial score (nSPS) is 32.8. The zero-order valence-electron chi connectivity index (χ0n) is 16.6. The fourth-order valence-corrected chi connectivity index (χ4v) is 5.88. The number of nitrogens with zero attached hydrogens (tertiary/aromatic N) is 1. The van der Waals surface area contributed by atoms with E-state index in [0.29, 0.717) is 23.1 Å². The van der Waals surface area contributed by atoms with Crippen LogP contribution in [0.4, 0.5) is 11.4 Å². The molecule has 3 amide bonds. The number of hydrogen-bond acceptors (Lipinski definition) is 3.